The van der Waals surface area contributed by atoms with Crippen LogP contribution in [0.1, 0.15) is 23.6 Å². The minimum absolute atomic E-state index is 0.0774. The molecule has 2 atom stereocenters. The van der Waals surface area contributed by atoms with Gasteiger partial charge < -0.3 is 14.7 Å². The summed E-state index contributed by atoms with van der Waals surface area (Å²) in [7, 11) is 1.54. The van der Waals surface area contributed by atoms with Crippen LogP contribution in [0.15, 0.2) is 36.4 Å². The Morgan fingerprint density at radius 3 is 2.58 bits per heavy atom. The van der Waals surface area contributed by atoms with Crippen LogP contribution in [0.2, 0.25) is 0 Å². The summed E-state index contributed by atoms with van der Waals surface area (Å²) in [6, 6.07) is 10.5. The van der Waals surface area contributed by atoms with Crippen molar-refractivity contribution >= 4 is 5.69 Å². The fourth-order valence-corrected chi connectivity index (χ4v) is 3.13. The van der Waals surface area contributed by atoms with Gasteiger partial charge in [0.15, 0.2) is 11.6 Å². The van der Waals surface area contributed by atoms with Gasteiger partial charge in [0.1, 0.15) is 11.4 Å². The van der Waals surface area contributed by atoms with E-state index in [4.69, 9.17) is 10.00 Å². The van der Waals surface area contributed by atoms with Crippen molar-refractivity contribution in [3.05, 3.63) is 59.2 Å². The highest BCUT2D eigenvalue weighted by Gasteiger charge is 2.35. The van der Waals surface area contributed by atoms with Gasteiger partial charge >= 0.3 is 0 Å². The van der Waals surface area contributed by atoms with Crippen LogP contribution in [-0.4, -0.2) is 24.9 Å². The number of nitriles is 1. The second-order valence-corrected chi connectivity index (χ2v) is 5.73. The zero-order chi connectivity index (χ0) is 17.3. The number of anilines is 1. The summed E-state index contributed by atoms with van der Waals surface area (Å²) in [5.41, 5.74) is 0.499. The van der Waals surface area contributed by atoms with Crippen molar-refractivity contribution < 1.29 is 18.6 Å². The summed E-state index contributed by atoms with van der Waals surface area (Å²) in [6.07, 6.45) is -0.345. The molecule has 1 N–H and O–H groups in total. The minimum atomic E-state index is -0.812. The molecule has 24 heavy (non-hydrogen) atoms. The van der Waals surface area contributed by atoms with Crippen molar-refractivity contribution in [3.8, 4) is 11.8 Å². The van der Waals surface area contributed by atoms with Gasteiger partial charge in [-0.2, -0.15) is 5.26 Å². The van der Waals surface area contributed by atoms with Gasteiger partial charge in [0.25, 0.3) is 0 Å². The van der Waals surface area contributed by atoms with E-state index in [-0.39, 0.29) is 23.8 Å². The first-order chi connectivity index (χ1) is 11.5. The molecule has 2 aromatic rings. The van der Waals surface area contributed by atoms with Crippen LogP contribution in [-0.2, 0) is 0 Å². The molecule has 1 heterocycles. The summed E-state index contributed by atoms with van der Waals surface area (Å²) >= 11 is 0. The number of benzene rings is 2. The second kappa shape index (κ2) is 6.46. The zero-order valence-corrected chi connectivity index (χ0v) is 13.0. The molecule has 3 rings (SSSR count). The second-order valence-electron chi connectivity index (χ2n) is 5.73. The Balaban J connectivity index is 2.04. The highest BCUT2D eigenvalue weighted by Crippen LogP contribution is 2.39. The SMILES string of the molecule is COc1cccc(C2CC(O)CN2c2c(F)cc(C#N)cc2F)c1. The normalized spacial score (nSPS) is 20.0. The van der Waals surface area contributed by atoms with Crippen molar-refractivity contribution in [2.24, 2.45) is 0 Å². The van der Waals surface area contributed by atoms with Gasteiger partial charge in [-0.1, -0.05) is 12.1 Å². The molecule has 2 aromatic carbocycles. The first-order valence-electron chi connectivity index (χ1n) is 7.51. The van der Waals surface area contributed by atoms with Crippen molar-refractivity contribution in [2.75, 3.05) is 18.6 Å². The molecule has 0 amide bonds. The molecule has 1 saturated heterocycles. The van der Waals surface area contributed by atoms with Crippen molar-refractivity contribution in [1.82, 2.24) is 0 Å². The van der Waals surface area contributed by atoms with E-state index in [2.05, 4.69) is 0 Å². The number of methoxy groups -OCH3 is 1. The lowest BCUT2D eigenvalue weighted by Gasteiger charge is -2.28. The van der Waals surface area contributed by atoms with E-state index >= 15 is 0 Å². The number of aliphatic hydroxyl groups is 1. The molecule has 1 aliphatic heterocycles. The maximum atomic E-state index is 14.4. The third-order valence-electron chi connectivity index (χ3n) is 4.19. The van der Waals surface area contributed by atoms with Gasteiger partial charge in [-0.05, 0) is 36.2 Å². The molecule has 124 valence electrons. The molecule has 0 bridgehead atoms. The predicted molar refractivity (Wildman–Crippen MR) is 84.8 cm³/mol. The summed E-state index contributed by atoms with van der Waals surface area (Å²) in [4.78, 5) is 1.51. The van der Waals surface area contributed by atoms with Crippen molar-refractivity contribution in [2.45, 2.75) is 18.6 Å². The van der Waals surface area contributed by atoms with Gasteiger partial charge in [-0.25, -0.2) is 8.78 Å². The molecule has 1 aliphatic rings. The van der Waals surface area contributed by atoms with Crippen molar-refractivity contribution in [1.29, 1.82) is 5.26 Å². The predicted octanol–water partition coefficient (Wildman–Crippen LogP) is 3.16. The van der Waals surface area contributed by atoms with Crippen LogP contribution >= 0.6 is 0 Å². The molecule has 0 radical (unpaired) electrons. The van der Waals surface area contributed by atoms with Crippen LogP contribution in [0, 0.1) is 23.0 Å². The molecule has 2 unspecified atom stereocenters. The number of nitrogens with zero attached hydrogens (tertiary/aromatic N) is 2. The van der Waals surface area contributed by atoms with E-state index in [0.717, 1.165) is 17.7 Å². The summed E-state index contributed by atoms with van der Waals surface area (Å²) < 4.78 is 33.9. The molecule has 0 spiro atoms. The van der Waals surface area contributed by atoms with Gasteiger partial charge in [0.05, 0.1) is 30.9 Å². The van der Waals surface area contributed by atoms with E-state index < -0.39 is 17.7 Å². The number of ether oxygens (including phenoxy) is 1. The molecular weight excluding hydrogens is 314 g/mol. The van der Waals surface area contributed by atoms with E-state index in [0.29, 0.717) is 12.2 Å². The third kappa shape index (κ3) is 2.91. The van der Waals surface area contributed by atoms with E-state index in [1.54, 1.807) is 31.4 Å². The number of β-amino-alcohol motifs (C(OH)–C–C–N with tert-alkyl or cyclic N) is 1. The Labute approximate surface area is 138 Å². The highest BCUT2D eigenvalue weighted by molar-refractivity contribution is 5.56. The molecule has 0 aromatic heterocycles. The van der Waals surface area contributed by atoms with Crippen LogP contribution in [0.3, 0.4) is 0 Å². The lowest BCUT2D eigenvalue weighted by atomic mass is 10.0. The smallest absolute Gasteiger partial charge is 0.150 e. The summed E-state index contributed by atoms with van der Waals surface area (Å²) in [5.74, 6) is -0.989. The molecule has 0 aliphatic carbocycles. The Morgan fingerprint density at radius 2 is 1.96 bits per heavy atom. The Hall–Kier alpha value is -2.65. The van der Waals surface area contributed by atoms with Crippen molar-refractivity contribution in [3.63, 3.8) is 0 Å². The van der Waals surface area contributed by atoms with Crippen LogP contribution in [0.5, 0.6) is 5.75 Å². The monoisotopic (exact) mass is 330 g/mol. The standard InChI is InChI=1S/C18H16F2N2O2/c1-24-14-4-2-3-12(7-14)17-8-13(23)10-22(17)18-15(19)5-11(9-21)6-16(18)20/h2-7,13,17,23H,8,10H2,1H3. The van der Waals surface area contributed by atoms with Crippen LogP contribution < -0.4 is 9.64 Å². The highest BCUT2D eigenvalue weighted by atomic mass is 19.1. The van der Waals surface area contributed by atoms with E-state index in [1.807, 2.05) is 6.07 Å². The lowest BCUT2D eigenvalue weighted by molar-refractivity contribution is 0.194. The summed E-state index contributed by atoms with van der Waals surface area (Å²) in [5, 5.41) is 18.9. The molecule has 1 fully saturated rings. The summed E-state index contributed by atoms with van der Waals surface area (Å²) in [6.45, 7) is 0.113. The zero-order valence-electron chi connectivity index (χ0n) is 13.0. The largest absolute Gasteiger partial charge is 0.497 e. The van der Waals surface area contributed by atoms with Crippen LogP contribution in [0.4, 0.5) is 14.5 Å². The fourth-order valence-electron chi connectivity index (χ4n) is 3.13. The number of hydrogen-bond acceptors (Lipinski definition) is 4. The van der Waals surface area contributed by atoms with Crippen LogP contribution in [0.25, 0.3) is 0 Å². The fraction of sp³-hybridized carbons (Fsp3) is 0.278. The van der Waals surface area contributed by atoms with Gasteiger partial charge in [-0.3, -0.25) is 0 Å². The minimum Gasteiger partial charge on any atom is -0.497 e. The molecule has 0 saturated carbocycles. The number of halogens is 2. The molecule has 6 heteroatoms. The van der Waals surface area contributed by atoms with E-state index in [1.165, 1.54) is 4.90 Å². The average molecular weight is 330 g/mol. The number of rotatable bonds is 3. The maximum absolute atomic E-state index is 14.4. The maximum Gasteiger partial charge on any atom is 0.150 e. The topological polar surface area (TPSA) is 56.5 Å². The third-order valence-corrected chi connectivity index (χ3v) is 4.19. The quantitative estimate of drug-likeness (QED) is 0.939. The number of hydrogen-bond donors (Lipinski definition) is 1. The van der Waals surface area contributed by atoms with Gasteiger partial charge in [-0.15, -0.1) is 0 Å². The average Bonchev–Trinajstić information content (AvgIpc) is 2.95. The Bertz CT molecular complexity index is 781. The molecule has 4 nitrogen and oxygen atoms in total. The molecular formula is C18H16F2N2O2. The lowest BCUT2D eigenvalue weighted by Crippen LogP contribution is -2.26. The van der Waals surface area contributed by atoms with Gasteiger partial charge in [0.2, 0.25) is 0 Å². The van der Waals surface area contributed by atoms with Gasteiger partial charge in [0, 0.05) is 6.54 Å². The first kappa shape index (κ1) is 16.2. The first-order valence-corrected chi connectivity index (χ1v) is 7.51. The Morgan fingerprint density at radius 1 is 1.25 bits per heavy atom. The van der Waals surface area contributed by atoms with E-state index in [9.17, 15) is 13.9 Å². The number of aliphatic hydroxyl groups excluding tert-OH is 1. The Kier molecular flexibility index (Phi) is 4.36.